The van der Waals surface area contributed by atoms with Crippen molar-refractivity contribution in [3.05, 3.63) is 47.4 Å². The largest absolute Gasteiger partial charge is 0.478 e. The van der Waals surface area contributed by atoms with Crippen LogP contribution < -0.4 is 20.1 Å². The molecule has 0 unspecified atom stereocenters. The fraction of sp³-hybridized carbons (Fsp3) is 0.455. The van der Waals surface area contributed by atoms with E-state index in [0.29, 0.717) is 5.82 Å². The van der Waals surface area contributed by atoms with Crippen molar-refractivity contribution >= 4 is 33.3 Å². The van der Waals surface area contributed by atoms with Gasteiger partial charge in [0.05, 0.1) is 5.02 Å². The third-order valence-corrected chi connectivity index (χ3v) is 7.40. The number of amides is 1. The summed E-state index contributed by atoms with van der Waals surface area (Å²) in [5, 5.41) is 8.23. The summed E-state index contributed by atoms with van der Waals surface area (Å²) in [5.74, 6) is 0.0282. The van der Waals surface area contributed by atoms with Crippen molar-refractivity contribution in [2.24, 2.45) is 5.14 Å². The van der Waals surface area contributed by atoms with Gasteiger partial charge in [0.2, 0.25) is 10.0 Å². The van der Waals surface area contributed by atoms with Gasteiger partial charge in [0, 0.05) is 30.4 Å². The van der Waals surface area contributed by atoms with E-state index in [4.69, 9.17) is 21.5 Å². The Morgan fingerprint density at radius 3 is 2.45 bits per heavy atom. The number of aromatic nitrogens is 1. The van der Waals surface area contributed by atoms with Crippen LogP contribution in [0.4, 0.5) is 10.2 Å². The summed E-state index contributed by atoms with van der Waals surface area (Å²) in [7, 11) is -3.79. The van der Waals surface area contributed by atoms with Gasteiger partial charge in [-0.05, 0) is 63.8 Å². The van der Waals surface area contributed by atoms with Crippen LogP contribution in [0.5, 0.6) is 5.75 Å². The Morgan fingerprint density at radius 1 is 1.24 bits per heavy atom. The maximum Gasteiger partial charge on any atom is 0.263 e. The number of nitrogens with two attached hydrogens (primary N) is 1. The Kier molecular flexibility index (Phi) is 6.28. The lowest BCUT2D eigenvalue weighted by molar-refractivity contribution is -0.135. The molecule has 1 aromatic heterocycles. The van der Waals surface area contributed by atoms with E-state index in [1.54, 1.807) is 19.9 Å². The monoisotopic (exact) mass is 496 g/mol. The first-order chi connectivity index (χ1) is 15.4. The van der Waals surface area contributed by atoms with E-state index >= 15 is 0 Å². The van der Waals surface area contributed by atoms with Gasteiger partial charge in [-0.1, -0.05) is 11.6 Å². The SMILES string of the molecule is CC(C)(Oc1ccc(Cl)c(F)c1)C(=O)N[C@H]1C[C@H]2CC[C@@H](C1)N2c1ccc(S(N)(=O)=O)cn1. The second-order valence-electron chi connectivity index (χ2n) is 9.02. The first-order valence-electron chi connectivity index (χ1n) is 10.7. The van der Waals surface area contributed by atoms with E-state index in [1.165, 1.54) is 24.4 Å². The molecule has 2 bridgehead atoms. The minimum Gasteiger partial charge on any atom is -0.478 e. The number of hydrogen-bond acceptors (Lipinski definition) is 6. The number of anilines is 1. The minimum atomic E-state index is -3.79. The van der Waals surface area contributed by atoms with E-state index in [0.717, 1.165) is 31.7 Å². The van der Waals surface area contributed by atoms with Crippen LogP contribution >= 0.6 is 11.6 Å². The molecular weight excluding hydrogens is 471 g/mol. The minimum absolute atomic E-state index is 0.0133. The van der Waals surface area contributed by atoms with Crippen LogP contribution in [0.25, 0.3) is 0 Å². The van der Waals surface area contributed by atoms with E-state index in [1.807, 2.05) is 0 Å². The first kappa shape index (κ1) is 23.7. The van der Waals surface area contributed by atoms with Crippen molar-refractivity contribution < 1.29 is 22.3 Å². The fourth-order valence-corrected chi connectivity index (χ4v) is 5.18. The highest BCUT2D eigenvalue weighted by Gasteiger charge is 2.43. The molecule has 0 spiro atoms. The van der Waals surface area contributed by atoms with E-state index in [-0.39, 0.29) is 39.7 Å². The summed E-state index contributed by atoms with van der Waals surface area (Å²) in [5.41, 5.74) is -1.21. The van der Waals surface area contributed by atoms with Crippen molar-refractivity contribution in [2.45, 2.75) is 68.2 Å². The van der Waals surface area contributed by atoms with Crippen molar-refractivity contribution in [2.75, 3.05) is 4.90 Å². The quantitative estimate of drug-likeness (QED) is 0.635. The van der Waals surface area contributed by atoms with Gasteiger partial charge in [-0.3, -0.25) is 4.79 Å². The molecule has 1 aromatic carbocycles. The number of hydrogen-bond donors (Lipinski definition) is 2. The van der Waals surface area contributed by atoms with Crippen LogP contribution in [0.15, 0.2) is 41.4 Å². The molecule has 178 valence electrons. The number of primary sulfonamides is 1. The number of sulfonamides is 1. The molecule has 8 nitrogen and oxygen atoms in total. The Labute approximate surface area is 197 Å². The number of carbonyl (C=O) groups excluding carboxylic acids is 1. The lowest BCUT2D eigenvalue weighted by Gasteiger charge is -2.40. The van der Waals surface area contributed by atoms with Gasteiger partial charge in [-0.25, -0.2) is 22.9 Å². The topological polar surface area (TPSA) is 115 Å². The smallest absolute Gasteiger partial charge is 0.263 e. The molecule has 2 aromatic rings. The van der Waals surface area contributed by atoms with Gasteiger partial charge in [0.25, 0.3) is 5.91 Å². The molecule has 33 heavy (non-hydrogen) atoms. The Balaban J connectivity index is 1.40. The molecular formula is C22H26ClFN4O4S. The van der Waals surface area contributed by atoms with Crippen molar-refractivity contribution in [1.29, 1.82) is 0 Å². The number of ether oxygens (including phenoxy) is 1. The van der Waals surface area contributed by atoms with Crippen LogP contribution in [0, 0.1) is 5.82 Å². The van der Waals surface area contributed by atoms with Crippen LogP contribution in [0.2, 0.25) is 5.02 Å². The normalized spacial score (nSPS) is 22.8. The fourth-order valence-electron chi connectivity index (χ4n) is 4.60. The third-order valence-electron chi connectivity index (χ3n) is 6.19. The average molecular weight is 497 g/mol. The number of benzene rings is 1. The second kappa shape index (κ2) is 8.73. The predicted molar refractivity (Wildman–Crippen MR) is 122 cm³/mol. The summed E-state index contributed by atoms with van der Waals surface area (Å²) in [6.45, 7) is 3.27. The molecule has 3 heterocycles. The molecule has 0 radical (unpaired) electrons. The molecule has 2 fully saturated rings. The molecule has 2 aliphatic heterocycles. The zero-order valence-corrected chi connectivity index (χ0v) is 19.9. The molecule has 1 amide bonds. The highest BCUT2D eigenvalue weighted by molar-refractivity contribution is 7.89. The molecule has 3 N–H and O–H groups in total. The summed E-state index contributed by atoms with van der Waals surface area (Å²) in [4.78, 5) is 19.4. The number of fused-ring (bicyclic) bond motifs is 2. The molecule has 2 aliphatic rings. The highest BCUT2D eigenvalue weighted by atomic mass is 35.5. The van der Waals surface area contributed by atoms with Crippen LogP contribution in [0.3, 0.4) is 0 Å². The van der Waals surface area contributed by atoms with Crippen molar-refractivity contribution in [1.82, 2.24) is 10.3 Å². The zero-order valence-electron chi connectivity index (χ0n) is 18.3. The Hall–Kier alpha value is -2.43. The number of carbonyl (C=O) groups is 1. The number of nitrogens with zero attached hydrogens (tertiary/aromatic N) is 2. The molecule has 4 rings (SSSR count). The molecule has 0 aliphatic carbocycles. The maximum absolute atomic E-state index is 13.7. The van der Waals surface area contributed by atoms with Gasteiger partial charge in [0.15, 0.2) is 5.60 Å². The Bertz CT molecular complexity index is 1150. The number of halogens is 2. The number of nitrogens with one attached hydrogen (secondary N) is 1. The summed E-state index contributed by atoms with van der Waals surface area (Å²) in [6.07, 6.45) is 4.65. The first-order valence-corrected chi connectivity index (χ1v) is 12.6. The molecule has 0 saturated carbocycles. The summed E-state index contributed by atoms with van der Waals surface area (Å²) >= 11 is 5.71. The number of piperidine rings is 1. The maximum atomic E-state index is 13.7. The Morgan fingerprint density at radius 2 is 1.91 bits per heavy atom. The lowest BCUT2D eigenvalue weighted by Crippen LogP contribution is -2.55. The van der Waals surface area contributed by atoms with Crippen molar-refractivity contribution in [3.8, 4) is 5.75 Å². The summed E-state index contributed by atoms with van der Waals surface area (Å²) in [6, 6.07) is 7.51. The molecule has 3 atom stereocenters. The molecule has 11 heteroatoms. The predicted octanol–water partition coefficient (Wildman–Crippen LogP) is 3.00. The van der Waals surface area contributed by atoms with Gasteiger partial charge < -0.3 is 15.0 Å². The average Bonchev–Trinajstić information content (AvgIpc) is 3.00. The van der Waals surface area contributed by atoms with Crippen LogP contribution in [-0.2, 0) is 14.8 Å². The van der Waals surface area contributed by atoms with Crippen LogP contribution in [0.1, 0.15) is 39.5 Å². The lowest BCUT2D eigenvalue weighted by atomic mass is 9.96. The van der Waals surface area contributed by atoms with E-state index < -0.39 is 21.4 Å². The highest BCUT2D eigenvalue weighted by Crippen LogP contribution is 2.39. The van der Waals surface area contributed by atoms with E-state index in [2.05, 4.69) is 15.2 Å². The molecule has 2 saturated heterocycles. The van der Waals surface area contributed by atoms with Crippen molar-refractivity contribution in [3.63, 3.8) is 0 Å². The standard InChI is InChI=1S/C22H26ClFN4O4S/c1-22(2,32-16-5-7-18(23)19(24)11-16)21(29)27-13-9-14-3-4-15(10-13)28(14)20-8-6-17(12-26-20)33(25,30)31/h5-8,11-15H,3-4,9-10H2,1-2H3,(H,27,29)(H2,25,30,31)/t13-,14+,15-. The van der Waals surface area contributed by atoms with Gasteiger partial charge in [-0.15, -0.1) is 0 Å². The number of rotatable bonds is 6. The van der Waals surface area contributed by atoms with Gasteiger partial charge in [0.1, 0.15) is 22.3 Å². The van der Waals surface area contributed by atoms with Crippen LogP contribution in [-0.4, -0.2) is 43.0 Å². The number of pyridine rings is 1. The van der Waals surface area contributed by atoms with Gasteiger partial charge in [-0.2, -0.15) is 0 Å². The summed E-state index contributed by atoms with van der Waals surface area (Å²) < 4.78 is 42.4. The van der Waals surface area contributed by atoms with Gasteiger partial charge >= 0.3 is 0 Å². The third kappa shape index (κ3) is 5.07. The zero-order chi connectivity index (χ0) is 24.0. The van der Waals surface area contributed by atoms with E-state index in [9.17, 15) is 17.6 Å². The second-order valence-corrected chi connectivity index (χ2v) is 11.0.